The molecule has 28 heavy (non-hydrogen) atoms. The number of halogens is 1. The molecule has 142 valence electrons. The highest BCUT2D eigenvalue weighted by atomic mass is 35.5. The standard InChI is InChI=1S/C22H19ClN2O2S/c1-2-28-20-19(14-7-9-16(23)10-8-14)21(26)25(22(20)27)12-11-15-13-24-18-6-4-3-5-17(15)18/h3-10,13,24H,2,11-12H2,1H3. The number of nitrogens with one attached hydrogen (secondary N) is 1. The second-order valence-electron chi connectivity index (χ2n) is 6.52. The molecule has 0 saturated heterocycles. The molecule has 0 fully saturated rings. The first-order chi connectivity index (χ1) is 13.6. The molecule has 0 saturated carbocycles. The maximum absolute atomic E-state index is 13.1. The molecule has 0 unspecified atom stereocenters. The average Bonchev–Trinajstić information content (AvgIpc) is 3.21. The van der Waals surface area contributed by atoms with E-state index in [4.69, 9.17) is 11.6 Å². The molecule has 2 heterocycles. The summed E-state index contributed by atoms with van der Waals surface area (Å²) >= 11 is 7.39. The van der Waals surface area contributed by atoms with Gasteiger partial charge in [-0.05, 0) is 41.5 Å². The highest BCUT2D eigenvalue weighted by Crippen LogP contribution is 2.36. The number of nitrogens with zero attached hydrogens (tertiary/aromatic N) is 1. The van der Waals surface area contributed by atoms with Gasteiger partial charge in [-0.15, -0.1) is 11.8 Å². The van der Waals surface area contributed by atoms with Crippen LogP contribution in [-0.4, -0.2) is 34.0 Å². The lowest BCUT2D eigenvalue weighted by atomic mass is 10.1. The topological polar surface area (TPSA) is 53.2 Å². The van der Waals surface area contributed by atoms with Crippen LogP contribution in [0.4, 0.5) is 0 Å². The van der Waals surface area contributed by atoms with Crippen LogP contribution in [0.2, 0.25) is 5.02 Å². The third-order valence-electron chi connectivity index (χ3n) is 4.83. The van der Waals surface area contributed by atoms with E-state index >= 15 is 0 Å². The van der Waals surface area contributed by atoms with Crippen LogP contribution in [0.5, 0.6) is 0 Å². The van der Waals surface area contributed by atoms with Gasteiger partial charge in [0.15, 0.2) is 0 Å². The Morgan fingerprint density at radius 2 is 1.79 bits per heavy atom. The van der Waals surface area contributed by atoms with Gasteiger partial charge in [-0.25, -0.2) is 0 Å². The number of hydrogen-bond donors (Lipinski definition) is 1. The van der Waals surface area contributed by atoms with Crippen molar-refractivity contribution in [2.75, 3.05) is 12.3 Å². The number of carbonyl (C=O) groups is 2. The van der Waals surface area contributed by atoms with Crippen molar-refractivity contribution >= 4 is 51.7 Å². The number of H-pyrrole nitrogens is 1. The molecule has 1 aliphatic heterocycles. The van der Waals surface area contributed by atoms with Crippen LogP contribution in [0.1, 0.15) is 18.1 Å². The predicted molar refractivity (Wildman–Crippen MR) is 115 cm³/mol. The highest BCUT2D eigenvalue weighted by Gasteiger charge is 2.38. The number of aromatic amines is 1. The summed E-state index contributed by atoms with van der Waals surface area (Å²) in [4.78, 5) is 31.2. The van der Waals surface area contributed by atoms with E-state index in [1.54, 1.807) is 24.3 Å². The van der Waals surface area contributed by atoms with Gasteiger partial charge in [-0.3, -0.25) is 14.5 Å². The van der Waals surface area contributed by atoms with Crippen LogP contribution in [0, 0.1) is 0 Å². The predicted octanol–water partition coefficient (Wildman–Crippen LogP) is 4.90. The number of thioether (sulfide) groups is 1. The SMILES string of the molecule is CCSC1=C(c2ccc(Cl)cc2)C(=O)N(CCc2c[nH]c3ccccc23)C1=O. The van der Waals surface area contributed by atoms with Crippen LogP contribution in [-0.2, 0) is 16.0 Å². The maximum Gasteiger partial charge on any atom is 0.267 e. The van der Waals surface area contributed by atoms with Gasteiger partial charge in [0, 0.05) is 28.7 Å². The van der Waals surface area contributed by atoms with E-state index < -0.39 is 0 Å². The molecular formula is C22H19ClN2O2S. The molecule has 2 amide bonds. The molecule has 0 aliphatic carbocycles. The van der Waals surface area contributed by atoms with Gasteiger partial charge in [-0.1, -0.05) is 48.9 Å². The van der Waals surface area contributed by atoms with E-state index in [1.165, 1.54) is 16.7 Å². The van der Waals surface area contributed by atoms with Crippen molar-refractivity contribution in [3.05, 3.63) is 75.8 Å². The average molecular weight is 411 g/mol. The lowest BCUT2D eigenvalue weighted by Gasteiger charge is -2.14. The van der Waals surface area contributed by atoms with Crippen molar-refractivity contribution in [1.82, 2.24) is 9.88 Å². The number of fused-ring (bicyclic) bond motifs is 1. The van der Waals surface area contributed by atoms with Crippen LogP contribution >= 0.6 is 23.4 Å². The third-order valence-corrected chi connectivity index (χ3v) is 6.03. The number of carbonyl (C=O) groups excluding carboxylic acids is 2. The van der Waals surface area contributed by atoms with Crippen molar-refractivity contribution in [3.63, 3.8) is 0 Å². The Morgan fingerprint density at radius 3 is 2.54 bits per heavy atom. The number of imide groups is 1. The summed E-state index contributed by atoms with van der Waals surface area (Å²) in [7, 11) is 0. The molecule has 6 heteroatoms. The van der Waals surface area contributed by atoms with Crippen LogP contribution in [0.3, 0.4) is 0 Å². The second-order valence-corrected chi connectivity index (χ2v) is 8.23. The Morgan fingerprint density at radius 1 is 1.04 bits per heavy atom. The van der Waals surface area contributed by atoms with Crippen molar-refractivity contribution in [1.29, 1.82) is 0 Å². The minimum Gasteiger partial charge on any atom is -0.361 e. The number of aromatic nitrogens is 1. The van der Waals surface area contributed by atoms with Gasteiger partial charge in [0.25, 0.3) is 11.8 Å². The fraction of sp³-hybridized carbons (Fsp3) is 0.182. The summed E-state index contributed by atoms with van der Waals surface area (Å²) < 4.78 is 0. The Bertz CT molecular complexity index is 1090. The molecule has 4 rings (SSSR count). The quantitative estimate of drug-likeness (QED) is 0.588. The van der Waals surface area contributed by atoms with Crippen molar-refractivity contribution in [2.45, 2.75) is 13.3 Å². The first-order valence-corrected chi connectivity index (χ1v) is 10.5. The number of para-hydroxylation sites is 1. The molecule has 0 atom stereocenters. The monoisotopic (exact) mass is 410 g/mol. The van der Waals surface area contributed by atoms with E-state index in [-0.39, 0.29) is 11.8 Å². The van der Waals surface area contributed by atoms with Crippen molar-refractivity contribution in [3.8, 4) is 0 Å². The van der Waals surface area contributed by atoms with Crippen molar-refractivity contribution in [2.24, 2.45) is 0 Å². The molecule has 4 nitrogen and oxygen atoms in total. The zero-order chi connectivity index (χ0) is 19.7. The van der Waals surface area contributed by atoms with Crippen LogP contribution < -0.4 is 0 Å². The molecule has 3 aromatic rings. The smallest absolute Gasteiger partial charge is 0.267 e. The molecule has 0 radical (unpaired) electrons. The largest absolute Gasteiger partial charge is 0.361 e. The zero-order valence-electron chi connectivity index (χ0n) is 15.4. The van der Waals surface area contributed by atoms with Crippen LogP contribution in [0.25, 0.3) is 16.5 Å². The van der Waals surface area contributed by atoms with Gasteiger partial charge >= 0.3 is 0 Å². The zero-order valence-corrected chi connectivity index (χ0v) is 16.9. The molecule has 1 aliphatic rings. The lowest BCUT2D eigenvalue weighted by Crippen LogP contribution is -2.33. The summed E-state index contributed by atoms with van der Waals surface area (Å²) in [6.07, 6.45) is 2.56. The van der Waals surface area contributed by atoms with E-state index in [9.17, 15) is 9.59 Å². The number of hydrogen-bond acceptors (Lipinski definition) is 3. The number of rotatable bonds is 6. The van der Waals surface area contributed by atoms with Gasteiger partial charge in [0.2, 0.25) is 0 Å². The summed E-state index contributed by atoms with van der Waals surface area (Å²) in [5.74, 6) is 0.284. The van der Waals surface area contributed by atoms with E-state index in [2.05, 4.69) is 4.98 Å². The Balaban J connectivity index is 1.60. The minimum atomic E-state index is -0.233. The van der Waals surface area contributed by atoms with E-state index in [0.717, 1.165) is 27.8 Å². The lowest BCUT2D eigenvalue weighted by molar-refractivity contribution is -0.136. The summed E-state index contributed by atoms with van der Waals surface area (Å²) in [6.45, 7) is 2.33. The molecule has 1 aromatic heterocycles. The summed E-state index contributed by atoms with van der Waals surface area (Å²) in [6, 6.07) is 15.1. The Hall–Kier alpha value is -2.50. The molecule has 0 spiro atoms. The second kappa shape index (κ2) is 7.86. The highest BCUT2D eigenvalue weighted by molar-refractivity contribution is 8.04. The molecule has 2 aromatic carbocycles. The normalized spacial score (nSPS) is 14.6. The summed E-state index contributed by atoms with van der Waals surface area (Å²) in [5.41, 5.74) is 3.36. The molecule has 1 N–H and O–H groups in total. The molecule has 0 bridgehead atoms. The minimum absolute atomic E-state index is 0.207. The van der Waals surface area contributed by atoms with Crippen LogP contribution in [0.15, 0.2) is 59.6 Å². The number of amides is 2. The van der Waals surface area contributed by atoms with Gasteiger partial charge in [0.05, 0.1) is 10.5 Å². The maximum atomic E-state index is 13.1. The van der Waals surface area contributed by atoms with Crippen molar-refractivity contribution < 1.29 is 9.59 Å². The van der Waals surface area contributed by atoms with Gasteiger partial charge < -0.3 is 4.98 Å². The van der Waals surface area contributed by atoms with Gasteiger partial charge in [0.1, 0.15) is 0 Å². The fourth-order valence-corrected chi connectivity index (χ4v) is 4.47. The summed E-state index contributed by atoms with van der Waals surface area (Å²) in [5, 5.41) is 1.72. The fourth-order valence-electron chi connectivity index (χ4n) is 3.48. The van der Waals surface area contributed by atoms with E-state index in [1.807, 2.05) is 37.4 Å². The Labute approximate surface area is 172 Å². The third kappa shape index (κ3) is 3.36. The first kappa shape index (κ1) is 18.8. The first-order valence-electron chi connectivity index (χ1n) is 9.14. The molecular weight excluding hydrogens is 392 g/mol. The Kier molecular flexibility index (Phi) is 5.29. The number of benzene rings is 2. The van der Waals surface area contributed by atoms with E-state index in [0.29, 0.717) is 28.5 Å². The van der Waals surface area contributed by atoms with Gasteiger partial charge in [-0.2, -0.15) is 0 Å².